The summed E-state index contributed by atoms with van der Waals surface area (Å²) in [5.74, 6) is 0.100. The summed E-state index contributed by atoms with van der Waals surface area (Å²) in [4.78, 5) is 0.000428. The van der Waals surface area contributed by atoms with Crippen molar-refractivity contribution in [3.05, 3.63) is 71.7 Å². The third kappa shape index (κ3) is 3.80. The molecule has 1 N–H and O–H groups in total. The van der Waals surface area contributed by atoms with Crippen LogP contribution in [0, 0.1) is 19.7 Å². The topological polar surface area (TPSA) is 77.1 Å². The van der Waals surface area contributed by atoms with E-state index in [-0.39, 0.29) is 11.4 Å². The molecule has 0 amide bonds. The number of aromatic nitrogens is 2. The van der Waals surface area contributed by atoms with Crippen LogP contribution in [0.25, 0.3) is 0 Å². The molecule has 132 valence electrons. The average Bonchev–Trinajstić information content (AvgIpc) is 3.18. The van der Waals surface area contributed by atoms with Gasteiger partial charge in [0, 0.05) is 12.2 Å². The Balaban J connectivity index is 1.86. The zero-order valence-corrected chi connectivity index (χ0v) is 14.6. The Morgan fingerprint density at radius 1 is 1.24 bits per heavy atom. The van der Waals surface area contributed by atoms with Crippen LogP contribution in [0.4, 0.5) is 4.39 Å². The van der Waals surface area contributed by atoms with Crippen LogP contribution in [-0.2, 0) is 10.0 Å². The quantitative estimate of drug-likeness (QED) is 0.731. The van der Waals surface area contributed by atoms with E-state index in [4.69, 9.17) is 4.42 Å². The first-order valence-corrected chi connectivity index (χ1v) is 9.16. The van der Waals surface area contributed by atoms with Gasteiger partial charge in [-0.15, -0.1) is 0 Å². The fourth-order valence-electron chi connectivity index (χ4n) is 2.64. The van der Waals surface area contributed by atoms with Gasteiger partial charge in [-0.25, -0.2) is 17.5 Å². The molecule has 0 spiro atoms. The number of furan rings is 1. The maximum absolute atomic E-state index is 13.0. The van der Waals surface area contributed by atoms with Crippen LogP contribution in [0.1, 0.15) is 23.2 Å². The monoisotopic (exact) mass is 363 g/mol. The molecule has 0 fully saturated rings. The van der Waals surface area contributed by atoms with E-state index in [0.717, 1.165) is 23.5 Å². The largest absolute Gasteiger partial charge is 0.467 e. The summed E-state index contributed by atoms with van der Waals surface area (Å²) in [6.45, 7) is 3.81. The van der Waals surface area contributed by atoms with Gasteiger partial charge >= 0.3 is 0 Å². The molecule has 25 heavy (non-hydrogen) atoms. The van der Waals surface area contributed by atoms with Gasteiger partial charge in [0.05, 0.1) is 16.9 Å². The lowest BCUT2D eigenvalue weighted by molar-refractivity contribution is 0.397. The van der Waals surface area contributed by atoms with Crippen molar-refractivity contribution in [3.8, 4) is 0 Å². The molecular formula is C17H18FN3O3S. The van der Waals surface area contributed by atoms with Crippen molar-refractivity contribution in [2.75, 3.05) is 6.54 Å². The third-order valence-corrected chi connectivity index (χ3v) is 5.24. The molecule has 0 aliphatic heterocycles. The number of nitrogens with one attached hydrogen (secondary N) is 1. The molecule has 6 nitrogen and oxygen atoms in total. The number of rotatable bonds is 6. The smallest absolute Gasteiger partial charge is 0.240 e. The zero-order valence-electron chi connectivity index (χ0n) is 13.8. The van der Waals surface area contributed by atoms with Crippen LogP contribution in [0.3, 0.4) is 0 Å². The number of hydrogen-bond acceptors (Lipinski definition) is 4. The Morgan fingerprint density at radius 2 is 1.96 bits per heavy atom. The minimum atomic E-state index is -3.78. The summed E-state index contributed by atoms with van der Waals surface area (Å²) >= 11 is 0. The van der Waals surface area contributed by atoms with E-state index in [1.807, 2.05) is 19.9 Å². The highest BCUT2D eigenvalue weighted by Gasteiger charge is 2.23. The summed E-state index contributed by atoms with van der Waals surface area (Å²) in [6.07, 6.45) is 1.53. The number of nitrogens with zero attached hydrogens (tertiary/aromatic N) is 2. The predicted molar refractivity (Wildman–Crippen MR) is 90.1 cm³/mol. The highest BCUT2D eigenvalue weighted by molar-refractivity contribution is 7.89. The Morgan fingerprint density at radius 3 is 2.52 bits per heavy atom. The van der Waals surface area contributed by atoms with E-state index in [1.165, 1.54) is 18.4 Å². The lowest BCUT2D eigenvalue weighted by Crippen LogP contribution is -2.32. The fourth-order valence-corrected chi connectivity index (χ4v) is 3.67. The first-order valence-electron chi connectivity index (χ1n) is 7.68. The molecule has 0 bridgehead atoms. The van der Waals surface area contributed by atoms with E-state index in [1.54, 1.807) is 16.8 Å². The van der Waals surface area contributed by atoms with Gasteiger partial charge in [-0.3, -0.25) is 4.68 Å². The average molecular weight is 363 g/mol. The van der Waals surface area contributed by atoms with Crippen molar-refractivity contribution in [2.45, 2.75) is 24.8 Å². The maximum atomic E-state index is 13.0. The molecule has 2 heterocycles. The molecule has 0 saturated heterocycles. The summed E-state index contributed by atoms with van der Waals surface area (Å²) in [6, 6.07) is 9.66. The van der Waals surface area contributed by atoms with Gasteiger partial charge in [0.15, 0.2) is 0 Å². The summed E-state index contributed by atoms with van der Waals surface area (Å²) in [5, 5.41) is 4.42. The first-order chi connectivity index (χ1) is 11.9. The standard InChI is InChI=1S/C17H18FN3O3S/c1-12-10-13(2)21(20-12)16(17-4-3-9-24-17)11-19-25(22,23)15-7-5-14(18)6-8-15/h3-10,16,19H,11H2,1-2H3. The van der Waals surface area contributed by atoms with Gasteiger partial charge in [-0.05, 0) is 56.3 Å². The van der Waals surface area contributed by atoms with Crippen LogP contribution >= 0.6 is 0 Å². The van der Waals surface area contributed by atoms with Crippen molar-refractivity contribution in [1.29, 1.82) is 0 Å². The molecule has 0 aliphatic rings. The van der Waals surface area contributed by atoms with E-state index >= 15 is 0 Å². The highest BCUT2D eigenvalue weighted by atomic mass is 32.2. The number of hydrogen-bond donors (Lipinski definition) is 1. The van der Waals surface area contributed by atoms with Gasteiger partial charge in [0.25, 0.3) is 0 Å². The normalized spacial score (nSPS) is 13.1. The van der Waals surface area contributed by atoms with Crippen molar-refractivity contribution in [2.24, 2.45) is 0 Å². The third-order valence-electron chi connectivity index (χ3n) is 3.80. The Hall–Kier alpha value is -2.45. The molecule has 3 rings (SSSR count). The molecule has 0 saturated carbocycles. The lowest BCUT2D eigenvalue weighted by Gasteiger charge is -2.18. The molecule has 1 unspecified atom stereocenters. The van der Waals surface area contributed by atoms with Crippen LogP contribution in [-0.4, -0.2) is 24.7 Å². The van der Waals surface area contributed by atoms with Crippen molar-refractivity contribution in [1.82, 2.24) is 14.5 Å². The Kier molecular flexibility index (Phi) is 4.73. The SMILES string of the molecule is Cc1cc(C)n(C(CNS(=O)(=O)c2ccc(F)cc2)c2ccco2)n1. The van der Waals surface area contributed by atoms with Crippen LogP contribution in [0.5, 0.6) is 0 Å². The van der Waals surface area contributed by atoms with Crippen molar-refractivity contribution < 1.29 is 17.2 Å². The first kappa shape index (κ1) is 17.4. The maximum Gasteiger partial charge on any atom is 0.240 e. The molecule has 2 aromatic heterocycles. The zero-order chi connectivity index (χ0) is 18.0. The van der Waals surface area contributed by atoms with Crippen LogP contribution < -0.4 is 4.72 Å². The molecule has 1 aromatic carbocycles. The number of halogens is 1. The summed E-state index contributed by atoms with van der Waals surface area (Å²) < 4.78 is 47.6. The van der Waals surface area contributed by atoms with E-state index in [9.17, 15) is 12.8 Å². The van der Waals surface area contributed by atoms with E-state index in [0.29, 0.717) is 5.76 Å². The van der Waals surface area contributed by atoms with Crippen molar-refractivity contribution >= 4 is 10.0 Å². The van der Waals surface area contributed by atoms with Crippen LogP contribution in [0.15, 0.2) is 58.0 Å². The number of sulfonamides is 1. The van der Waals surface area contributed by atoms with E-state index < -0.39 is 21.9 Å². The number of benzene rings is 1. The fraction of sp³-hybridized carbons (Fsp3) is 0.235. The van der Waals surface area contributed by atoms with Gasteiger partial charge in [0.2, 0.25) is 10.0 Å². The van der Waals surface area contributed by atoms with Gasteiger partial charge in [-0.1, -0.05) is 0 Å². The lowest BCUT2D eigenvalue weighted by atomic mass is 10.2. The molecule has 0 aliphatic carbocycles. The second-order valence-corrected chi connectivity index (χ2v) is 7.48. The Labute approximate surface area is 145 Å². The van der Waals surface area contributed by atoms with Gasteiger partial charge < -0.3 is 4.42 Å². The molecule has 8 heteroatoms. The summed E-state index contributed by atoms with van der Waals surface area (Å²) in [7, 11) is -3.78. The van der Waals surface area contributed by atoms with Crippen LogP contribution in [0.2, 0.25) is 0 Å². The molecule has 0 radical (unpaired) electrons. The second-order valence-electron chi connectivity index (χ2n) is 5.71. The molecule has 1 atom stereocenters. The molecule has 3 aromatic rings. The van der Waals surface area contributed by atoms with E-state index in [2.05, 4.69) is 9.82 Å². The Bertz CT molecular complexity index is 948. The number of aryl methyl sites for hydroxylation is 2. The summed E-state index contributed by atoms with van der Waals surface area (Å²) in [5.41, 5.74) is 1.72. The molecular weight excluding hydrogens is 345 g/mol. The highest BCUT2D eigenvalue weighted by Crippen LogP contribution is 2.21. The van der Waals surface area contributed by atoms with Gasteiger partial charge in [-0.2, -0.15) is 5.10 Å². The van der Waals surface area contributed by atoms with Crippen molar-refractivity contribution in [3.63, 3.8) is 0 Å². The minimum Gasteiger partial charge on any atom is -0.467 e. The van der Waals surface area contributed by atoms with Gasteiger partial charge in [0.1, 0.15) is 17.6 Å². The predicted octanol–water partition coefficient (Wildman–Crippen LogP) is 2.80. The minimum absolute atomic E-state index is 0.000428. The second kappa shape index (κ2) is 6.81.